The summed E-state index contributed by atoms with van der Waals surface area (Å²) in [6, 6.07) is 1.48. The topological polar surface area (TPSA) is 0 Å². The van der Waals surface area contributed by atoms with Crippen LogP contribution >= 0.6 is 0 Å². The molecule has 0 bridgehead atoms. The molecule has 0 aromatic rings. The monoisotopic (exact) mass is 387 g/mol. The first-order valence-electron chi connectivity index (χ1n) is 6.64. The van der Waals surface area contributed by atoms with Gasteiger partial charge in [0.1, 0.15) is 0 Å². The van der Waals surface area contributed by atoms with E-state index in [1.54, 1.807) is 39.1 Å². The Hall–Kier alpha value is 0.640. The first-order chi connectivity index (χ1) is 8.11. The Morgan fingerprint density at radius 2 is 2.05 bits per heavy atom. The van der Waals surface area contributed by atoms with Crippen LogP contribution < -0.4 is 24.8 Å². The average Bonchev–Trinajstić information content (AvgIpc) is 2.70. The molecule has 3 rings (SSSR count). The summed E-state index contributed by atoms with van der Waals surface area (Å²) in [5.41, 5.74) is 3.37. The molecule has 0 aromatic carbocycles. The Bertz CT molecular complexity index is 516. The zero-order valence-corrected chi connectivity index (χ0v) is 16.7. The largest absolute Gasteiger partial charge is 1.00 e. The van der Waals surface area contributed by atoms with Crippen molar-refractivity contribution in [2.24, 2.45) is 5.92 Å². The van der Waals surface area contributed by atoms with E-state index in [4.69, 9.17) is 0 Å². The molecule has 0 saturated carbocycles. The zero-order chi connectivity index (χ0) is 12.2. The van der Waals surface area contributed by atoms with Crippen molar-refractivity contribution in [2.75, 3.05) is 0 Å². The Kier molecular flexibility index (Phi) is 5.75. The molecule has 0 N–H and O–H groups in total. The van der Waals surface area contributed by atoms with Crippen LogP contribution in [0.25, 0.3) is 0 Å². The van der Waals surface area contributed by atoms with Gasteiger partial charge in [-0.15, -0.1) is 0 Å². The first kappa shape index (κ1) is 17.7. The predicted octanol–water partition coefficient (Wildman–Crippen LogP) is -1.79. The van der Waals surface area contributed by atoms with Gasteiger partial charge in [-0.1, -0.05) is 0 Å². The van der Waals surface area contributed by atoms with Crippen molar-refractivity contribution in [1.82, 2.24) is 0 Å². The molecule has 2 atom stereocenters. The minimum atomic E-state index is -1.07. The quantitative estimate of drug-likeness (QED) is 0.500. The molecule has 0 fully saturated rings. The summed E-state index contributed by atoms with van der Waals surface area (Å²) in [5.74, 6) is 0.751. The molecule has 0 aromatic heterocycles. The van der Waals surface area contributed by atoms with E-state index in [2.05, 4.69) is 38.6 Å². The minimum Gasteiger partial charge on any atom is -1.00 e. The van der Waals surface area contributed by atoms with Crippen LogP contribution in [0.1, 0.15) is 26.7 Å². The maximum Gasteiger partial charge on any atom is -1.00 e. The molecule has 0 radical (unpaired) electrons. The van der Waals surface area contributed by atoms with Crippen molar-refractivity contribution in [3.05, 3.63) is 43.0 Å². The Balaban J connectivity index is 0.000000902. The normalized spacial score (nSPS) is 31.0. The molecule has 3 aliphatic rings. The second-order valence-electron chi connectivity index (χ2n) is 5.72. The summed E-state index contributed by atoms with van der Waals surface area (Å²) < 4.78 is 1.73. The predicted molar refractivity (Wildman–Crippen MR) is 71.8 cm³/mol. The average molecular weight is 390 g/mol. The van der Waals surface area contributed by atoms with E-state index >= 15 is 0 Å². The smallest absolute Gasteiger partial charge is 1.00 e. The van der Waals surface area contributed by atoms with Gasteiger partial charge in [0.05, 0.1) is 0 Å². The second kappa shape index (κ2) is 6.18. The maximum atomic E-state index is 2.60. The van der Waals surface area contributed by atoms with E-state index in [-0.39, 0.29) is 24.8 Å². The van der Waals surface area contributed by atoms with Crippen LogP contribution in [0.15, 0.2) is 43.0 Å². The fourth-order valence-corrected chi connectivity index (χ4v) is 10.9. The number of hydrogen-bond donors (Lipinski definition) is 0. The summed E-state index contributed by atoms with van der Waals surface area (Å²) >= 11 is 1.64. The molecule has 0 saturated heterocycles. The fourth-order valence-electron chi connectivity index (χ4n) is 3.82. The van der Waals surface area contributed by atoms with Gasteiger partial charge in [0.25, 0.3) is 0 Å². The van der Waals surface area contributed by atoms with Crippen LogP contribution in [0, 0.1) is 5.92 Å². The van der Waals surface area contributed by atoms with Crippen LogP contribution in [0.5, 0.6) is 0 Å². The second-order valence-corrected chi connectivity index (χ2v) is 11.2. The van der Waals surface area contributed by atoms with Gasteiger partial charge in [-0.2, -0.15) is 0 Å². The van der Waals surface area contributed by atoms with E-state index in [1.165, 1.54) is 18.9 Å². The third-order valence-electron chi connectivity index (χ3n) is 4.63. The number of halogens is 2. The van der Waals surface area contributed by atoms with Gasteiger partial charge in [0, 0.05) is 0 Å². The molecule has 1 aliphatic heterocycles. The standard InChI is InChI=1S/C15H19Si.2ClH.Zr/c1-4-9-16(3)14-11(2)10-13(15(14)16)12-7-5-6-8-12;;;/h5-7,13H,4,8-9H2,1-3H3;2*1H;/q;;;+2/p-2. The number of allylic oxidation sites excluding steroid dienone is 8. The molecular weight excluding hydrogens is 370 g/mol. The molecule has 0 nitrogen and oxygen atoms in total. The molecule has 0 spiro atoms. The van der Waals surface area contributed by atoms with E-state index in [0.717, 1.165) is 5.92 Å². The van der Waals surface area contributed by atoms with Crippen LogP contribution in [0.4, 0.5) is 0 Å². The summed E-state index contributed by atoms with van der Waals surface area (Å²) in [7, 11) is -1.07. The first-order valence-corrected chi connectivity index (χ1v) is 10.6. The minimum absolute atomic E-state index is 0. The Labute approximate surface area is 145 Å². The molecule has 2 unspecified atom stereocenters. The van der Waals surface area contributed by atoms with Gasteiger partial charge in [-0.3, -0.25) is 0 Å². The molecule has 1 heterocycles. The van der Waals surface area contributed by atoms with Gasteiger partial charge in [-0.05, 0) is 0 Å². The molecular formula is C15H19Cl2SiZr. The number of hydrogen-bond acceptors (Lipinski definition) is 0. The van der Waals surface area contributed by atoms with Crippen molar-refractivity contribution in [3.63, 3.8) is 0 Å². The van der Waals surface area contributed by atoms with E-state index in [0.29, 0.717) is 0 Å². The van der Waals surface area contributed by atoms with Crippen molar-refractivity contribution in [2.45, 2.75) is 39.3 Å². The van der Waals surface area contributed by atoms with Gasteiger partial charge in [0.2, 0.25) is 0 Å². The summed E-state index contributed by atoms with van der Waals surface area (Å²) in [5, 5.41) is 3.78. The van der Waals surface area contributed by atoms with Gasteiger partial charge < -0.3 is 24.8 Å². The third-order valence-corrected chi connectivity index (χ3v) is 11.0. The van der Waals surface area contributed by atoms with E-state index < -0.39 is 8.07 Å². The maximum absolute atomic E-state index is 2.60. The zero-order valence-electron chi connectivity index (χ0n) is 11.7. The van der Waals surface area contributed by atoms with Crippen LogP contribution in [-0.2, 0) is 24.7 Å². The van der Waals surface area contributed by atoms with Crippen molar-refractivity contribution >= 4 is 8.07 Å². The molecule has 0 amide bonds. The molecule has 4 heteroatoms. The molecule has 19 heavy (non-hydrogen) atoms. The fraction of sp³-hybridized carbons (Fsp3) is 0.467. The number of rotatable bonds is 3. The summed E-state index contributed by atoms with van der Waals surface area (Å²) in [6.07, 6.45) is 9.49. The van der Waals surface area contributed by atoms with Crippen LogP contribution in [-0.4, -0.2) is 8.07 Å². The van der Waals surface area contributed by atoms with Crippen LogP contribution in [0.3, 0.4) is 0 Å². The third kappa shape index (κ3) is 2.48. The molecule has 101 valence electrons. The van der Waals surface area contributed by atoms with Crippen molar-refractivity contribution in [1.29, 1.82) is 0 Å². The van der Waals surface area contributed by atoms with E-state index in [1.807, 2.05) is 10.4 Å². The summed E-state index contributed by atoms with van der Waals surface area (Å²) in [4.78, 5) is 0. The van der Waals surface area contributed by atoms with Gasteiger partial charge >= 0.3 is 121 Å². The van der Waals surface area contributed by atoms with Crippen molar-refractivity contribution in [3.8, 4) is 0 Å². The van der Waals surface area contributed by atoms with Gasteiger partial charge in [-0.25, -0.2) is 0 Å². The molecule has 2 aliphatic carbocycles. The Morgan fingerprint density at radius 3 is 2.58 bits per heavy atom. The Morgan fingerprint density at radius 1 is 1.37 bits per heavy atom. The summed E-state index contributed by atoms with van der Waals surface area (Å²) in [6.45, 7) is 7.33. The SMILES string of the molecule is CCC[Si]1(C)C2=C1C(C1=CC=CC1)[C]([Zr+2])=C2C.[Cl-].[Cl-]. The van der Waals surface area contributed by atoms with E-state index in [9.17, 15) is 0 Å². The van der Waals surface area contributed by atoms with Crippen LogP contribution in [0.2, 0.25) is 12.6 Å². The van der Waals surface area contributed by atoms with Crippen molar-refractivity contribution < 1.29 is 49.5 Å². The van der Waals surface area contributed by atoms with Gasteiger partial charge in [0.15, 0.2) is 0 Å².